The van der Waals surface area contributed by atoms with E-state index in [0.717, 1.165) is 12.8 Å². The minimum atomic E-state index is -0.712. The molecule has 0 saturated carbocycles. The average molecular weight is 402 g/mol. The van der Waals surface area contributed by atoms with E-state index in [1.54, 1.807) is 49.6 Å². The first kappa shape index (κ1) is 19.8. The normalized spacial score (nSPS) is 10.7. The Morgan fingerprint density at radius 2 is 1.75 bits per heavy atom. The summed E-state index contributed by atoms with van der Waals surface area (Å²) in [5, 5.41) is 11.5. The molecular weight excluding hydrogens is 382 g/mol. The summed E-state index contributed by atoms with van der Waals surface area (Å²) in [4.78, 5) is 16.2. The van der Waals surface area contributed by atoms with E-state index in [9.17, 15) is 9.90 Å². The molecule has 0 spiro atoms. The number of pyridine rings is 1. The van der Waals surface area contributed by atoms with E-state index >= 15 is 0 Å². The third kappa shape index (κ3) is 4.28. The molecule has 28 heavy (non-hydrogen) atoms. The van der Waals surface area contributed by atoms with Gasteiger partial charge in [0, 0.05) is 10.8 Å². The van der Waals surface area contributed by atoms with E-state index in [1.165, 1.54) is 0 Å². The van der Waals surface area contributed by atoms with Gasteiger partial charge in [-0.25, -0.2) is 9.78 Å². The summed E-state index contributed by atoms with van der Waals surface area (Å²) in [6.07, 6.45) is 1.62. The third-order valence-electron chi connectivity index (χ3n) is 4.12. The van der Waals surface area contributed by atoms with Crippen molar-refractivity contribution in [1.82, 2.24) is 4.98 Å². The van der Waals surface area contributed by atoms with Crippen molar-refractivity contribution in [2.24, 2.45) is 0 Å². The van der Waals surface area contributed by atoms with Crippen molar-refractivity contribution in [3.63, 3.8) is 0 Å². The molecule has 0 aliphatic carbocycles. The molecule has 0 bridgehead atoms. The lowest BCUT2D eigenvalue weighted by atomic mass is 10.1. The van der Waals surface area contributed by atoms with Crippen LogP contribution in [-0.4, -0.2) is 29.8 Å². The van der Waals surface area contributed by atoms with Gasteiger partial charge in [-0.3, -0.25) is 0 Å². The first-order chi connectivity index (χ1) is 13.5. The fourth-order valence-corrected chi connectivity index (χ4v) is 2.85. The van der Waals surface area contributed by atoms with Crippen LogP contribution in [0.25, 0.3) is 10.8 Å². The summed E-state index contributed by atoms with van der Waals surface area (Å²) in [5.74, 6) is 0.782. The maximum absolute atomic E-state index is 12.2. The Labute approximate surface area is 167 Å². The molecule has 1 heterocycles. The lowest BCUT2D eigenvalue weighted by Gasteiger charge is -2.11. The lowest BCUT2D eigenvalue weighted by Crippen LogP contribution is -2.09. The standard InChI is InChI=1S/C21H20ClNO5/c1-3-4-11-27-21(25)18-19(24)17-12-15(9-10-16(17)20(22)23-18)28-14-7-5-13(26-2)6-8-14/h5-10,12,24H,3-4,11H2,1-2H3. The zero-order valence-corrected chi connectivity index (χ0v) is 16.3. The van der Waals surface area contributed by atoms with Crippen molar-refractivity contribution in [3.8, 4) is 23.0 Å². The smallest absolute Gasteiger partial charge is 0.360 e. The average Bonchev–Trinajstić information content (AvgIpc) is 2.71. The Bertz CT molecular complexity index is 988. The number of aromatic nitrogens is 1. The molecule has 0 unspecified atom stereocenters. The summed E-state index contributed by atoms with van der Waals surface area (Å²) >= 11 is 6.20. The number of fused-ring (bicyclic) bond motifs is 1. The monoisotopic (exact) mass is 401 g/mol. The molecule has 2 aromatic carbocycles. The number of esters is 1. The van der Waals surface area contributed by atoms with Gasteiger partial charge < -0.3 is 19.3 Å². The van der Waals surface area contributed by atoms with Crippen LogP contribution in [-0.2, 0) is 4.74 Å². The first-order valence-electron chi connectivity index (χ1n) is 8.84. The van der Waals surface area contributed by atoms with Gasteiger partial charge in [-0.1, -0.05) is 24.9 Å². The number of carbonyl (C=O) groups excluding carboxylic acids is 1. The highest BCUT2D eigenvalue weighted by Gasteiger charge is 2.20. The van der Waals surface area contributed by atoms with Crippen LogP contribution in [0.5, 0.6) is 23.0 Å². The molecule has 0 aliphatic rings. The molecule has 0 atom stereocenters. The minimum absolute atomic E-state index is 0.103. The first-order valence-corrected chi connectivity index (χ1v) is 9.22. The van der Waals surface area contributed by atoms with Crippen LogP contribution in [0.4, 0.5) is 0 Å². The van der Waals surface area contributed by atoms with Gasteiger partial charge in [0.25, 0.3) is 0 Å². The number of unbranched alkanes of at least 4 members (excludes halogenated alkanes) is 1. The number of methoxy groups -OCH3 is 1. The second kappa shape index (κ2) is 8.80. The van der Waals surface area contributed by atoms with Crippen molar-refractivity contribution in [1.29, 1.82) is 0 Å². The molecular formula is C21H20ClNO5. The Morgan fingerprint density at radius 3 is 2.43 bits per heavy atom. The molecule has 7 heteroatoms. The molecule has 6 nitrogen and oxygen atoms in total. The lowest BCUT2D eigenvalue weighted by molar-refractivity contribution is 0.0489. The highest BCUT2D eigenvalue weighted by atomic mass is 35.5. The number of halogens is 1. The van der Waals surface area contributed by atoms with Gasteiger partial charge in [-0.15, -0.1) is 0 Å². The Morgan fingerprint density at radius 1 is 1.07 bits per heavy atom. The number of ether oxygens (including phenoxy) is 3. The van der Waals surface area contributed by atoms with Gasteiger partial charge >= 0.3 is 5.97 Å². The van der Waals surface area contributed by atoms with Gasteiger partial charge in [0.2, 0.25) is 0 Å². The van der Waals surface area contributed by atoms with E-state index < -0.39 is 5.97 Å². The Kier molecular flexibility index (Phi) is 6.21. The van der Waals surface area contributed by atoms with Crippen LogP contribution in [0.3, 0.4) is 0 Å². The van der Waals surface area contributed by atoms with Crippen molar-refractivity contribution in [2.45, 2.75) is 19.8 Å². The highest BCUT2D eigenvalue weighted by molar-refractivity contribution is 6.34. The summed E-state index contributed by atoms with van der Waals surface area (Å²) in [5.41, 5.74) is -0.213. The van der Waals surface area contributed by atoms with Crippen LogP contribution >= 0.6 is 11.6 Å². The van der Waals surface area contributed by atoms with Gasteiger partial charge in [0.15, 0.2) is 11.4 Å². The highest BCUT2D eigenvalue weighted by Crippen LogP contribution is 2.36. The second-order valence-corrected chi connectivity index (χ2v) is 6.43. The van der Waals surface area contributed by atoms with Crippen LogP contribution in [0.2, 0.25) is 5.15 Å². The van der Waals surface area contributed by atoms with Crippen LogP contribution < -0.4 is 9.47 Å². The van der Waals surface area contributed by atoms with Crippen molar-refractivity contribution < 1.29 is 24.1 Å². The van der Waals surface area contributed by atoms with Crippen molar-refractivity contribution in [2.75, 3.05) is 13.7 Å². The quantitative estimate of drug-likeness (QED) is 0.326. The minimum Gasteiger partial charge on any atom is -0.505 e. The molecule has 1 aromatic heterocycles. The fourth-order valence-electron chi connectivity index (χ4n) is 2.60. The topological polar surface area (TPSA) is 77.9 Å². The molecule has 1 N–H and O–H groups in total. The summed E-state index contributed by atoms with van der Waals surface area (Å²) in [6.45, 7) is 2.24. The van der Waals surface area contributed by atoms with Crippen LogP contribution in [0.1, 0.15) is 30.3 Å². The Balaban J connectivity index is 1.92. The summed E-state index contributed by atoms with van der Waals surface area (Å²) in [6, 6.07) is 12.1. The number of carbonyl (C=O) groups is 1. The number of hydrogen-bond acceptors (Lipinski definition) is 6. The summed E-state index contributed by atoms with van der Waals surface area (Å²) in [7, 11) is 1.59. The number of nitrogens with zero attached hydrogens (tertiary/aromatic N) is 1. The van der Waals surface area contributed by atoms with E-state index in [1.807, 2.05) is 6.92 Å². The number of aromatic hydroxyl groups is 1. The molecule has 3 aromatic rings. The maximum Gasteiger partial charge on any atom is 0.360 e. The molecule has 0 radical (unpaired) electrons. The van der Waals surface area contributed by atoms with Gasteiger partial charge in [-0.2, -0.15) is 0 Å². The van der Waals surface area contributed by atoms with Crippen LogP contribution in [0.15, 0.2) is 42.5 Å². The van der Waals surface area contributed by atoms with Crippen molar-refractivity contribution >= 4 is 28.3 Å². The van der Waals surface area contributed by atoms with Crippen LogP contribution in [0, 0.1) is 0 Å². The zero-order valence-electron chi connectivity index (χ0n) is 15.6. The summed E-state index contributed by atoms with van der Waals surface area (Å²) < 4.78 is 16.1. The van der Waals surface area contributed by atoms with Gasteiger partial charge in [0.05, 0.1) is 13.7 Å². The van der Waals surface area contributed by atoms with E-state index in [0.29, 0.717) is 28.0 Å². The van der Waals surface area contributed by atoms with E-state index in [2.05, 4.69) is 4.98 Å². The second-order valence-electron chi connectivity index (χ2n) is 6.07. The largest absolute Gasteiger partial charge is 0.505 e. The van der Waals surface area contributed by atoms with Gasteiger partial charge in [-0.05, 0) is 48.9 Å². The number of benzene rings is 2. The fraction of sp³-hybridized carbons (Fsp3) is 0.238. The molecule has 0 fully saturated rings. The third-order valence-corrected chi connectivity index (χ3v) is 4.41. The Hall–Kier alpha value is -2.99. The zero-order chi connectivity index (χ0) is 20.1. The predicted molar refractivity (Wildman–Crippen MR) is 107 cm³/mol. The maximum atomic E-state index is 12.2. The number of hydrogen-bond donors (Lipinski definition) is 1. The predicted octanol–water partition coefficient (Wildman–Crippen LogP) is 5.35. The molecule has 0 aliphatic heterocycles. The van der Waals surface area contributed by atoms with E-state index in [4.69, 9.17) is 25.8 Å². The molecule has 0 amide bonds. The van der Waals surface area contributed by atoms with Gasteiger partial charge in [0.1, 0.15) is 22.4 Å². The van der Waals surface area contributed by atoms with Crippen molar-refractivity contribution in [3.05, 3.63) is 53.3 Å². The molecule has 3 rings (SSSR count). The molecule has 0 saturated heterocycles. The molecule has 146 valence electrons. The number of rotatable bonds is 7. The SMILES string of the molecule is CCCCOC(=O)c1nc(Cl)c2ccc(Oc3ccc(OC)cc3)cc2c1O. The van der Waals surface area contributed by atoms with E-state index in [-0.39, 0.29) is 23.2 Å².